The Morgan fingerprint density at radius 3 is 2.64 bits per heavy atom. The zero-order chi connectivity index (χ0) is 19.2. The summed E-state index contributed by atoms with van der Waals surface area (Å²) in [5.74, 6) is 0.961. The molecule has 1 aliphatic rings. The molecule has 146 valence electrons. The highest BCUT2D eigenvalue weighted by atomic mass is 16.1. The third kappa shape index (κ3) is 4.78. The van der Waals surface area contributed by atoms with Gasteiger partial charge in [0.15, 0.2) is 0 Å². The summed E-state index contributed by atoms with van der Waals surface area (Å²) in [6.07, 6.45) is 6.47. The highest BCUT2D eigenvalue weighted by molar-refractivity contribution is 5.94. The van der Waals surface area contributed by atoms with Crippen molar-refractivity contribution in [3.63, 3.8) is 0 Å². The van der Waals surface area contributed by atoms with Crippen molar-refractivity contribution in [1.29, 1.82) is 0 Å². The number of H-pyrrole nitrogens is 1. The first kappa shape index (κ1) is 18.7. The molecule has 0 radical (unpaired) electrons. The molecule has 3 aromatic rings. The molecule has 0 saturated heterocycles. The summed E-state index contributed by atoms with van der Waals surface area (Å²) in [7, 11) is 0. The predicted molar refractivity (Wildman–Crippen MR) is 116 cm³/mol. The fourth-order valence-electron chi connectivity index (χ4n) is 3.52. The lowest BCUT2D eigenvalue weighted by Gasteiger charge is -2.10. The molecule has 1 fully saturated rings. The van der Waals surface area contributed by atoms with Gasteiger partial charge in [-0.25, -0.2) is 5.10 Å². The first-order valence-corrected chi connectivity index (χ1v) is 10.3. The van der Waals surface area contributed by atoms with Gasteiger partial charge in [0.05, 0.1) is 11.1 Å². The number of nitrogens with one attached hydrogen (secondary N) is 3. The van der Waals surface area contributed by atoms with E-state index in [-0.39, 0.29) is 5.56 Å². The molecule has 1 aromatic heterocycles. The van der Waals surface area contributed by atoms with Crippen molar-refractivity contribution >= 4 is 16.5 Å². The fourth-order valence-corrected chi connectivity index (χ4v) is 3.52. The van der Waals surface area contributed by atoms with Gasteiger partial charge in [-0.05, 0) is 62.9 Å². The van der Waals surface area contributed by atoms with Crippen LogP contribution in [0.2, 0.25) is 0 Å². The highest BCUT2D eigenvalue weighted by Crippen LogP contribution is 2.27. The molecule has 0 spiro atoms. The lowest BCUT2D eigenvalue weighted by atomic mass is 10.0. The molecule has 0 unspecified atom stereocenters. The van der Waals surface area contributed by atoms with E-state index in [1.165, 1.54) is 32.2 Å². The number of benzene rings is 2. The van der Waals surface area contributed by atoms with Crippen LogP contribution in [0.15, 0.2) is 53.3 Å². The average Bonchev–Trinajstić information content (AvgIpc) is 3.55. The van der Waals surface area contributed by atoms with E-state index in [2.05, 4.69) is 33.0 Å². The van der Waals surface area contributed by atoms with Gasteiger partial charge < -0.3 is 10.6 Å². The van der Waals surface area contributed by atoms with E-state index in [0.29, 0.717) is 5.39 Å². The van der Waals surface area contributed by atoms with Crippen molar-refractivity contribution in [3.8, 4) is 11.3 Å². The van der Waals surface area contributed by atoms with Crippen LogP contribution in [0.1, 0.15) is 32.1 Å². The number of aromatic amines is 1. The Labute approximate surface area is 165 Å². The van der Waals surface area contributed by atoms with E-state index < -0.39 is 0 Å². The largest absolute Gasteiger partial charge is 0.385 e. The molecule has 2 aromatic carbocycles. The van der Waals surface area contributed by atoms with Crippen LogP contribution in [0, 0.1) is 5.92 Å². The Bertz CT molecular complexity index is 977. The number of unbranched alkanes of at least 4 members (excludes halogenated alkanes) is 2. The van der Waals surface area contributed by atoms with Gasteiger partial charge in [-0.15, -0.1) is 0 Å². The molecule has 0 aliphatic heterocycles. The van der Waals surface area contributed by atoms with E-state index in [0.717, 1.165) is 47.8 Å². The second kappa shape index (κ2) is 9.02. The van der Waals surface area contributed by atoms with Crippen LogP contribution in [0.5, 0.6) is 0 Å². The smallest absolute Gasteiger partial charge is 0.272 e. The van der Waals surface area contributed by atoms with Crippen LogP contribution in [0.25, 0.3) is 22.0 Å². The van der Waals surface area contributed by atoms with Gasteiger partial charge in [0.25, 0.3) is 5.56 Å². The molecule has 3 N–H and O–H groups in total. The monoisotopic (exact) mass is 376 g/mol. The zero-order valence-electron chi connectivity index (χ0n) is 16.2. The van der Waals surface area contributed by atoms with E-state index in [9.17, 15) is 4.79 Å². The summed E-state index contributed by atoms with van der Waals surface area (Å²) in [5.41, 5.74) is 2.74. The molecule has 1 heterocycles. The van der Waals surface area contributed by atoms with E-state index >= 15 is 0 Å². The molecule has 4 rings (SSSR count). The van der Waals surface area contributed by atoms with Gasteiger partial charge in [-0.1, -0.05) is 36.8 Å². The Balaban J connectivity index is 1.32. The molecule has 1 aliphatic carbocycles. The lowest BCUT2D eigenvalue weighted by Crippen LogP contribution is -2.18. The lowest BCUT2D eigenvalue weighted by molar-refractivity contribution is 0.587. The maximum atomic E-state index is 12.0. The average molecular weight is 377 g/mol. The van der Waals surface area contributed by atoms with Crippen LogP contribution in [-0.2, 0) is 0 Å². The Hall–Kier alpha value is -2.66. The fraction of sp³-hybridized carbons (Fsp3) is 0.391. The number of nitrogens with zero attached hydrogens (tertiary/aromatic N) is 1. The SMILES string of the molecule is O=c1[nH]nc(-c2cccc(NCCCCCNCC3CC3)c2)c2ccccc12. The van der Waals surface area contributed by atoms with Crippen molar-refractivity contribution in [1.82, 2.24) is 15.5 Å². The third-order valence-corrected chi connectivity index (χ3v) is 5.32. The Kier molecular flexibility index (Phi) is 6.02. The first-order valence-electron chi connectivity index (χ1n) is 10.3. The molecule has 0 atom stereocenters. The summed E-state index contributed by atoms with van der Waals surface area (Å²) < 4.78 is 0. The topological polar surface area (TPSA) is 69.8 Å². The molecule has 0 amide bonds. The van der Waals surface area contributed by atoms with Gasteiger partial charge in [0, 0.05) is 23.2 Å². The predicted octanol–water partition coefficient (Wildman–Crippen LogP) is 4.17. The van der Waals surface area contributed by atoms with Gasteiger partial charge in [-0.3, -0.25) is 4.79 Å². The molecule has 5 nitrogen and oxygen atoms in total. The molecular weight excluding hydrogens is 348 g/mol. The van der Waals surface area contributed by atoms with Crippen LogP contribution < -0.4 is 16.2 Å². The van der Waals surface area contributed by atoms with Gasteiger partial charge in [-0.2, -0.15) is 5.10 Å². The minimum absolute atomic E-state index is 0.153. The molecule has 1 saturated carbocycles. The molecule has 28 heavy (non-hydrogen) atoms. The highest BCUT2D eigenvalue weighted by Gasteiger charge is 2.19. The minimum atomic E-state index is -0.153. The van der Waals surface area contributed by atoms with Crippen molar-refractivity contribution in [3.05, 3.63) is 58.9 Å². The Morgan fingerprint density at radius 2 is 1.79 bits per heavy atom. The molecule has 5 heteroatoms. The summed E-state index contributed by atoms with van der Waals surface area (Å²) in [4.78, 5) is 12.0. The van der Waals surface area contributed by atoms with Gasteiger partial charge in [0.2, 0.25) is 0 Å². The van der Waals surface area contributed by atoms with E-state index in [1.807, 2.05) is 36.4 Å². The molecular formula is C23H28N4O. The number of hydrogen-bond donors (Lipinski definition) is 3. The van der Waals surface area contributed by atoms with E-state index in [1.54, 1.807) is 0 Å². The standard InChI is InChI=1S/C23H28N4O/c28-23-21-10-3-2-9-20(21)22(26-27-23)18-7-6-8-19(15-18)25-14-5-1-4-13-24-16-17-11-12-17/h2-3,6-10,15,17,24-25H,1,4-5,11-14,16H2,(H,27,28). The second-order valence-corrected chi connectivity index (χ2v) is 7.66. The first-order chi connectivity index (χ1) is 13.8. The number of fused-ring (bicyclic) bond motifs is 1. The quantitative estimate of drug-likeness (QED) is 0.465. The summed E-state index contributed by atoms with van der Waals surface area (Å²) in [6.45, 7) is 3.31. The van der Waals surface area contributed by atoms with Crippen molar-refractivity contribution in [2.75, 3.05) is 25.0 Å². The van der Waals surface area contributed by atoms with Gasteiger partial charge in [0.1, 0.15) is 0 Å². The molecule has 0 bridgehead atoms. The number of hydrogen-bond acceptors (Lipinski definition) is 4. The van der Waals surface area contributed by atoms with Crippen molar-refractivity contribution in [2.24, 2.45) is 5.92 Å². The van der Waals surface area contributed by atoms with Crippen LogP contribution in [0.3, 0.4) is 0 Å². The maximum Gasteiger partial charge on any atom is 0.272 e. The summed E-state index contributed by atoms with van der Waals surface area (Å²) >= 11 is 0. The zero-order valence-corrected chi connectivity index (χ0v) is 16.2. The normalized spacial score (nSPS) is 13.7. The Morgan fingerprint density at radius 1 is 0.964 bits per heavy atom. The number of rotatable bonds is 10. The van der Waals surface area contributed by atoms with E-state index in [4.69, 9.17) is 0 Å². The minimum Gasteiger partial charge on any atom is -0.385 e. The van der Waals surface area contributed by atoms with Crippen molar-refractivity contribution < 1.29 is 0 Å². The maximum absolute atomic E-state index is 12.0. The number of aromatic nitrogens is 2. The van der Waals surface area contributed by atoms with Crippen LogP contribution >= 0.6 is 0 Å². The third-order valence-electron chi connectivity index (χ3n) is 5.32. The van der Waals surface area contributed by atoms with Crippen LogP contribution in [0.4, 0.5) is 5.69 Å². The van der Waals surface area contributed by atoms with Crippen molar-refractivity contribution in [2.45, 2.75) is 32.1 Å². The number of anilines is 1. The van der Waals surface area contributed by atoms with Crippen LogP contribution in [-0.4, -0.2) is 29.8 Å². The second-order valence-electron chi connectivity index (χ2n) is 7.66. The van der Waals surface area contributed by atoms with Gasteiger partial charge >= 0.3 is 0 Å². The summed E-state index contributed by atoms with van der Waals surface area (Å²) in [5, 5.41) is 15.5. The summed E-state index contributed by atoms with van der Waals surface area (Å²) in [6, 6.07) is 15.8.